The van der Waals surface area contributed by atoms with Gasteiger partial charge in [-0.2, -0.15) is 0 Å². The van der Waals surface area contributed by atoms with E-state index in [1.54, 1.807) is 6.07 Å². The Morgan fingerprint density at radius 1 is 1.42 bits per heavy atom. The highest BCUT2D eigenvalue weighted by Crippen LogP contribution is 2.40. The van der Waals surface area contributed by atoms with Crippen molar-refractivity contribution in [3.05, 3.63) is 29.2 Å². The number of nitrogens with zero attached hydrogens (tertiary/aromatic N) is 1. The molecule has 2 aliphatic carbocycles. The van der Waals surface area contributed by atoms with Gasteiger partial charge in [-0.05, 0) is 44.9 Å². The van der Waals surface area contributed by atoms with Gasteiger partial charge in [0, 0.05) is 18.5 Å². The van der Waals surface area contributed by atoms with Crippen molar-refractivity contribution in [1.29, 1.82) is 0 Å². The summed E-state index contributed by atoms with van der Waals surface area (Å²) in [6.45, 7) is 0.691. The Bertz CT molecular complexity index is 486. The second kappa shape index (κ2) is 5.59. The first-order chi connectivity index (χ1) is 9.33. The number of carbonyl (C=O) groups excluding carboxylic acids is 1. The number of allylic oxidation sites excluding steroid dienone is 1. The van der Waals surface area contributed by atoms with Crippen molar-refractivity contribution in [2.24, 2.45) is 0 Å². The molecule has 102 valence electrons. The normalized spacial score (nSPS) is 19.1. The van der Waals surface area contributed by atoms with Crippen LogP contribution in [0.1, 0.15) is 67.1 Å². The Balaban J connectivity index is 1.46. The number of rotatable bonds is 5. The van der Waals surface area contributed by atoms with Crippen molar-refractivity contribution in [2.45, 2.75) is 50.9 Å². The van der Waals surface area contributed by atoms with E-state index >= 15 is 0 Å². The van der Waals surface area contributed by atoms with Gasteiger partial charge in [-0.3, -0.25) is 4.79 Å². The summed E-state index contributed by atoms with van der Waals surface area (Å²) in [7, 11) is 0. The van der Waals surface area contributed by atoms with Crippen molar-refractivity contribution in [3.8, 4) is 0 Å². The van der Waals surface area contributed by atoms with Gasteiger partial charge in [-0.1, -0.05) is 16.8 Å². The summed E-state index contributed by atoms with van der Waals surface area (Å²) in [6.07, 6.45) is 10.6. The molecule has 4 nitrogen and oxygen atoms in total. The smallest absolute Gasteiger partial charge is 0.273 e. The molecule has 1 amide bonds. The van der Waals surface area contributed by atoms with Crippen molar-refractivity contribution < 1.29 is 9.32 Å². The summed E-state index contributed by atoms with van der Waals surface area (Å²) >= 11 is 0. The lowest BCUT2D eigenvalue weighted by Gasteiger charge is -2.12. The fourth-order valence-electron chi connectivity index (χ4n) is 2.52. The van der Waals surface area contributed by atoms with Gasteiger partial charge in [-0.25, -0.2) is 0 Å². The van der Waals surface area contributed by atoms with Crippen LogP contribution in [-0.2, 0) is 0 Å². The van der Waals surface area contributed by atoms with Gasteiger partial charge in [0.05, 0.1) is 0 Å². The van der Waals surface area contributed by atoms with Crippen LogP contribution in [0.5, 0.6) is 0 Å². The van der Waals surface area contributed by atoms with Crippen LogP contribution in [-0.4, -0.2) is 17.6 Å². The van der Waals surface area contributed by atoms with Crippen molar-refractivity contribution in [3.63, 3.8) is 0 Å². The van der Waals surface area contributed by atoms with E-state index in [1.807, 2.05) is 0 Å². The van der Waals surface area contributed by atoms with Crippen LogP contribution in [0.2, 0.25) is 0 Å². The minimum absolute atomic E-state index is 0.118. The Kier molecular flexibility index (Phi) is 3.67. The summed E-state index contributed by atoms with van der Waals surface area (Å²) in [5, 5.41) is 6.76. The van der Waals surface area contributed by atoms with E-state index in [9.17, 15) is 4.79 Å². The fraction of sp³-hybridized carbons (Fsp3) is 0.600. The molecule has 0 aliphatic heterocycles. The molecule has 0 radical (unpaired) electrons. The molecular weight excluding hydrogens is 240 g/mol. The van der Waals surface area contributed by atoms with Crippen LogP contribution >= 0.6 is 0 Å². The molecule has 1 saturated carbocycles. The second-order valence-electron chi connectivity index (χ2n) is 5.50. The van der Waals surface area contributed by atoms with Gasteiger partial charge >= 0.3 is 0 Å². The lowest BCUT2D eigenvalue weighted by Crippen LogP contribution is -2.25. The van der Waals surface area contributed by atoms with Crippen molar-refractivity contribution >= 4 is 5.91 Å². The van der Waals surface area contributed by atoms with Gasteiger partial charge in [0.1, 0.15) is 5.76 Å². The van der Waals surface area contributed by atoms with Crippen LogP contribution in [0.3, 0.4) is 0 Å². The zero-order valence-corrected chi connectivity index (χ0v) is 11.2. The minimum atomic E-state index is -0.118. The molecule has 1 heterocycles. The highest BCUT2D eigenvalue weighted by molar-refractivity contribution is 5.92. The second-order valence-corrected chi connectivity index (χ2v) is 5.50. The summed E-state index contributed by atoms with van der Waals surface area (Å²) in [4.78, 5) is 11.9. The highest BCUT2D eigenvalue weighted by Gasteiger charge is 2.28. The molecule has 0 atom stereocenters. The number of carbonyl (C=O) groups is 1. The number of hydrogen-bond donors (Lipinski definition) is 1. The third kappa shape index (κ3) is 3.25. The molecule has 0 saturated heterocycles. The predicted molar refractivity (Wildman–Crippen MR) is 72.0 cm³/mol. The topological polar surface area (TPSA) is 55.1 Å². The molecule has 0 aromatic carbocycles. The highest BCUT2D eigenvalue weighted by atomic mass is 16.5. The lowest BCUT2D eigenvalue weighted by molar-refractivity contribution is 0.0945. The molecule has 2 aliphatic rings. The van der Waals surface area contributed by atoms with Gasteiger partial charge < -0.3 is 9.84 Å². The maximum Gasteiger partial charge on any atom is 0.273 e. The Morgan fingerprint density at radius 3 is 3.05 bits per heavy atom. The molecule has 1 N–H and O–H groups in total. The van der Waals surface area contributed by atoms with E-state index in [4.69, 9.17) is 4.52 Å². The predicted octanol–water partition coefficient (Wildman–Crippen LogP) is 3.17. The van der Waals surface area contributed by atoms with Crippen molar-refractivity contribution in [1.82, 2.24) is 10.5 Å². The number of aromatic nitrogens is 1. The van der Waals surface area contributed by atoms with Crippen LogP contribution in [0.25, 0.3) is 0 Å². The zero-order chi connectivity index (χ0) is 13.1. The zero-order valence-electron chi connectivity index (χ0n) is 11.2. The summed E-state index contributed by atoms with van der Waals surface area (Å²) < 4.78 is 5.18. The lowest BCUT2D eigenvalue weighted by atomic mass is 9.97. The third-order valence-corrected chi connectivity index (χ3v) is 3.86. The number of amides is 1. The molecule has 1 fully saturated rings. The molecule has 1 aromatic rings. The Labute approximate surface area is 113 Å². The molecule has 3 rings (SSSR count). The molecule has 19 heavy (non-hydrogen) atoms. The minimum Gasteiger partial charge on any atom is -0.360 e. The van der Waals surface area contributed by atoms with E-state index in [0.29, 0.717) is 18.2 Å². The first-order valence-corrected chi connectivity index (χ1v) is 7.25. The molecule has 0 spiro atoms. The van der Waals surface area contributed by atoms with Gasteiger partial charge in [0.2, 0.25) is 0 Å². The van der Waals surface area contributed by atoms with Crippen LogP contribution < -0.4 is 5.32 Å². The first-order valence-electron chi connectivity index (χ1n) is 7.25. The van der Waals surface area contributed by atoms with Crippen LogP contribution in [0.15, 0.2) is 22.2 Å². The number of hydrogen-bond acceptors (Lipinski definition) is 3. The largest absolute Gasteiger partial charge is 0.360 e. The van der Waals surface area contributed by atoms with Crippen LogP contribution in [0, 0.1) is 0 Å². The molecule has 0 unspecified atom stereocenters. The standard InChI is InChI=1S/C15H20N2O2/c18-15(13-10-14(19-17-13)12-6-7-12)16-9-8-11-4-2-1-3-5-11/h4,10,12H,1-3,5-9H2,(H,16,18). The molecule has 0 bridgehead atoms. The summed E-state index contributed by atoms with van der Waals surface area (Å²) in [5.74, 6) is 1.24. The average Bonchev–Trinajstić information content (AvgIpc) is 3.17. The Morgan fingerprint density at radius 2 is 2.32 bits per heavy atom. The third-order valence-electron chi connectivity index (χ3n) is 3.86. The molecule has 4 heteroatoms. The molecule has 1 aromatic heterocycles. The Hall–Kier alpha value is -1.58. The fourth-order valence-corrected chi connectivity index (χ4v) is 2.52. The maximum atomic E-state index is 11.9. The number of nitrogens with one attached hydrogen (secondary N) is 1. The average molecular weight is 260 g/mol. The SMILES string of the molecule is O=C(NCCC1=CCCCC1)c1cc(C2CC2)on1. The van der Waals surface area contributed by atoms with E-state index in [2.05, 4.69) is 16.5 Å². The monoisotopic (exact) mass is 260 g/mol. The van der Waals surface area contributed by atoms with E-state index < -0.39 is 0 Å². The van der Waals surface area contributed by atoms with Crippen LogP contribution in [0.4, 0.5) is 0 Å². The summed E-state index contributed by atoms with van der Waals surface area (Å²) in [5.41, 5.74) is 1.89. The molecular formula is C15H20N2O2. The van der Waals surface area contributed by atoms with Gasteiger partial charge in [-0.15, -0.1) is 0 Å². The van der Waals surface area contributed by atoms with E-state index in [1.165, 1.54) is 31.3 Å². The first kappa shape index (κ1) is 12.5. The maximum absolute atomic E-state index is 11.9. The summed E-state index contributed by atoms with van der Waals surface area (Å²) in [6, 6.07) is 1.78. The van der Waals surface area contributed by atoms with E-state index in [-0.39, 0.29) is 5.91 Å². The van der Waals surface area contributed by atoms with Gasteiger partial charge in [0.15, 0.2) is 5.69 Å². The van der Waals surface area contributed by atoms with Crippen molar-refractivity contribution in [2.75, 3.05) is 6.54 Å². The van der Waals surface area contributed by atoms with Gasteiger partial charge in [0.25, 0.3) is 5.91 Å². The van der Waals surface area contributed by atoms with E-state index in [0.717, 1.165) is 25.0 Å². The quantitative estimate of drug-likeness (QED) is 0.827.